The van der Waals surface area contributed by atoms with Gasteiger partial charge in [-0.3, -0.25) is 9.59 Å². The normalized spacial score (nSPS) is 20.3. The average molecular weight is 949 g/mol. The van der Waals surface area contributed by atoms with E-state index in [0.29, 0.717) is 68.4 Å². The van der Waals surface area contributed by atoms with Gasteiger partial charge in [0, 0.05) is 34.6 Å². The van der Waals surface area contributed by atoms with Gasteiger partial charge in [-0.25, -0.2) is 9.97 Å². The van der Waals surface area contributed by atoms with Crippen LogP contribution in [0.5, 0.6) is 11.5 Å². The third-order valence-corrected chi connectivity index (χ3v) is 12.9. The lowest BCUT2D eigenvalue weighted by Gasteiger charge is -2.40. The van der Waals surface area contributed by atoms with E-state index in [2.05, 4.69) is 70.8 Å². The predicted molar refractivity (Wildman–Crippen MR) is 250 cm³/mol. The smallest absolute Gasteiger partial charge is 0.406 e. The molecule has 18 heteroatoms. The summed E-state index contributed by atoms with van der Waals surface area (Å²) < 4.78 is 87.3. The predicted octanol–water partition coefficient (Wildman–Crippen LogP) is 12.9. The van der Waals surface area contributed by atoms with Gasteiger partial charge in [-0.2, -0.15) is 0 Å². The molecule has 0 spiro atoms. The van der Waals surface area contributed by atoms with Crippen LogP contribution < -0.4 is 31.6 Å². The maximum absolute atomic E-state index is 12.5. The number of carbonyl (C=O) groups excluding carboxylic acids is 2. The summed E-state index contributed by atoms with van der Waals surface area (Å²) in [4.78, 5) is 33.4. The van der Waals surface area contributed by atoms with E-state index < -0.39 is 24.5 Å². The molecule has 4 atom stereocenters. The van der Waals surface area contributed by atoms with Crippen LogP contribution in [0.4, 0.5) is 49.6 Å². The minimum atomic E-state index is -4.75. The van der Waals surface area contributed by atoms with Crippen LogP contribution >= 0.6 is 0 Å². The zero-order valence-electron chi connectivity index (χ0n) is 39.3. The summed E-state index contributed by atoms with van der Waals surface area (Å²) in [6, 6.07) is 18.6. The topological polar surface area (TPSA) is 164 Å². The lowest BCUT2D eigenvalue weighted by molar-refractivity contribution is -0.275. The first kappa shape index (κ1) is 49.4. The molecule has 68 heavy (non-hydrogen) atoms. The molecule has 0 radical (unpaired) electrons. The first-order chi connectivity index (χ1) is 31.7. The van der Waals surface area contributed by atoms with Crippen molar-refractivity contribution < 1.29 is 45.4 Å². The van der Waals surface area contributed by atoms with E-state index in [9.17, 15) is 35.9 Å². The lowest BCUT2D eigenvalue weighted by atomic mass is 9.70. The Bertz CT molecular complexity index is 2620. The van der Waals surface area contributed by atoms with Crippen LogP contribution in [0.1, 0.15) is 124 Å². The van der Waals surface area contributed by atoms with E-state index >= 15 is 0 Å². The molecule has 2 heterocycles. The summed E-state index contributed by atoms with van der Waals surface area (Å²) in [5.41, 5.74) is 17.9. The number of nitrogens with two attached hydrogens (primary N) is 2. The van der Waals surface area contributed by atoms with Gasteiger partial charge in [0.2, 0.25) is 23.7 Å². The van der Waals surface area contributed by atoms with E-state index in [4.69, 9.17) is 21.4 Å². The highest BCUT2D eigenvalue weighted by Crippen LogP contribution is 2.48. The number of halogens is 6. The number of alkyl halides is 6. The molecule has 2 fully saturated rings. The van der Waals surface area contributed by atoms with Crippen molar-refractivity contribution in [3.05, 3.63) is 95.1 Å². The molecule has 0 bridgehead atoms. The maximum Gasteiger partial charge on any atom is 0.573 e. The fourth-order valence-corrected chi connectivity index (χ4v) is 10.8. The van der Waals surface area contributed by atoms with Crippen molar-refractivity contribution in [2.45, 2.75) is 119 Å². The molecule has 8 rings (SSSR count). The second kappa shape index (κ2) is 18.6. The highest BCUT2D eigenvalue weighted by molar-refractivity contribution is 6.00. The number of nitrogens with zero attached hydrogens (tertiary/aromatic N) is 4. The molecule has 0 unspecified atom stereocenters. The third kappa shape index (κ3) is 11.4. The molecule has 2 amide bonds. The number of imidazole rings is 2. The summed E-state index contributed by atoms with van der Waals surface area (Å²) in [6.07, 6.45) is -3.39. The van der Waals surface area contributed by atoms with Crippen LogP contribution in [0, 0.1) is 36.5 Å². The number of carbonyl (C=O) groups is 2. The fourth-order valence-electron chi connectivity index (χ4n) is 10.8. The van der Waals surface area contributed by atoms with Crippen LogP contribution in [-0.2, 0) is 0 Å². The Hall–Kier alpha value is -6.46. The number of aromatic nitrogens is 4. The van der Waals surface area contributed by atoms with Gasteiger partial charge in [-0.1, -0.05) is 41.5 Å². The average Bonchev–Trinajstić information content (AvgIpc) is 3.76. The summed E-state index contributed by atoms with van der Waals surface area (Å²) in [6.45, 7) is 17.2. The third-order valence-electron chi connectivity index (χ3n) is 12.9. The molecule has 6 N–H and O–H groups in total. The molecule has 4 aromatic carbocycles. The second-order valence-corrected chi connectivity index (χ2v) is 20.1. The number of rotatable bonds is 10. The van der Waals surface area contributed by atoms with E-state index in [0.717, 1.165) is 49.6 Å². The number of fused-ring (bicyclic) bond motifs is 2. The summed E-state index contributed by atoms with van der Waals surface area (Å²) in [7, 11) is 0. The van der Waals surface area contributed by atoms with Crippen molar-refractivity contribution in [2.75, 3.05) is 10.6 Å². The Morgan fingerprint density at radius 3 is 1.22 bits per heavy atom. The Labute approximate surface area is 390 Å². The monoisotopic (exact) mass is 948 g/mol. The number of nitrogens with one attached hydrogen (secondary N) is 2. The van der Waals surface area contributed by atoms with Crippen molar-refractivity contribution in [3.8, 4) is 11.5 Å². The van der Waals surface area contributed by atoms with Crippen molar-refractivity contribution in [1.29, 1.82) is 0 Å². The van der Waals surface area contributed by atoms with E-state index in [1.54, 1.807) is 12.1 Å². The molecule has 6 aromatic rings. The standard InChI is InChI=1S/2C25H29F3N4O2/c2*1-14-11-17(13-24(3,4)12-14)32-20-10-9-19(22(29)33)15(2)21(20)31-23(32)30-16-5-7-18(8-6-16)34-25(26,27)28/h2*5-10,14,17H,11-13H2,1-4H3,(H2,29,33)(H,30,31)/t2*14-,17-/m10/s1. The Morgan fingerprint density at radius 1 is 0.588 bits per heavy atom. The van der Waals surface area contributed by atoms with E-state index in [-0.39, 0.29) is 34.4 Å². The van der Waals surface area contributed by atoms with Crippen LogP contribution in [0.25, 0.3) is 22.1 Å². The SMILES string of the molecule is Cc1c(C(N)=O)ccc2c1nc(Nc1ccc(OC(F)(F)F)cc1)n2[C@@H]1C[C@@H](C)CC(C)(C)C1.Cc1c(C(N)=O)ccc2c1nc(Nc1ccc(OC(F)(F)F)cc1)n2[C@H]1C[C@H](C)CC(C)(C)C1. The number of amides is 2. The molecule has 12 nitrogen and oxygen atoms in total. The highest BCUT2D eigenvalue weighted by Gasteiger charge is 2.37. The molecular weight excluding hydrogens is 891 g/mol. The quantitative estimate of drug-likeness (QED) is 0.0986. The van der Waals surface area contributed by atoms with Gasteiger partial charge in [0.1, 0.15) is 11.5 Å². The first-order valence-electron chi connectivity index (χ1n) is 22.5. The number of hydrogen-bond donors (Lipinski definition) is 4. The number of hydrogen-bond acceptors (Lipinski definition) is 8. The Balaban J connectivity index is 0.000000201. The Kier molecular flexibility index (Phi) is 13.5. The second-order valence-electron chi connectivity index (χ2n) is 20.1. The van der Waals surface area contributed by atoms with Gasteiger partial charge in [0.15, 0.2) is 0 Å². The Morgan fingerprint density at radius 2 is 0.926 bits per heavy atom. The molecule has 2 saturated carbocycles. The van der Waals surface area contributed by atoms with Gasteiger partial charge in [-0.05, 0) is 159 Å². The van der Waals surface area contributed by atoms with Crippen molar-refractivity contribution in [1.82, 2.24) is 19.1 Å². The van der Waals surface area contributed by atoms with Crippen molar-refractivity contribution >= 4 is 57.2 Å². The molecule has 2 aliphatic rings. The zero-order chi connectivity index (χ0) is 49.7. The number of primary amides is 2. The van der Waals surface area contributed by atoms with Crippen LogP contribution in [0.2, 0.25) is 0 Å². The maximum atomic E-state index is 12.5. The number of benzene rings is 4. The molecule has 0 saturated heterocycles. The van der Waals surface area contributed by atoms with Crippen LogP contribution in [-0.4, -0.2) is 43.6 Å². The summed E-state index contributed by atoms with van der Waals surface area (Å²) in [5.74, 6) is 0.547. The van der Waals surface area contributed by atoms with Gasteiger partial charge < -0.3 is 40.7 Å². The molecule has 2 aliphatic carbocycles. The lowest BCUT2D eigenvalue weighted by Crippen LogP contribution is -2.29. The van der Waals surface area contributed by atoms with E-state index in [1.165, 1.54) is 48.5 Å². The molecule has 2 aromatic heterocycles. The number of ether oxygens (including phenoxy) is 2. The van der Waals surface area contributed by atoms with Crippen molar-refractivity contribution in [3.63, 3.8) is 0 Å². The largest absolute Gasteiger partial charge is 0.573 e. The first-order valence-corrected chi connectivity index (χ1v) is 22.5. The van der Waals surface area contributed by atoms with E-state index in [1.807, 2.05) is 26.0 Å². The van der Waals surface area contributed by atoms with Crippen LogP contribution in [0.3, 0.4) is 0 Å². The van der Waals surface area contributed by atoms with Gasteiger partial charge in [-0.15, -0.1) is 26.3 Å². The minimum absolute atomic E-state index is 0.148. The molecular formula is C50H58F6N8O4. The highest BCUT2D eigenvalue weighted by atomic mass is 19.4. The molecule has 364 valence electrons. The summed E-state index contributed by atoms with van der Waals surface area (Å²) >= 11 is 0. The summed E-state index contributed by atoms with van der Waals surface area (Å²) in [5, 5.41) is 6.53. The minimum Gasteiger partial charge on any atom is -0.406 e. The fraction of sp³-hybridized carbons (Fsp3) is 0.440. The number of anilines is 4. The van der Waals surface area contributed by atoms with Gasteiger partial charge in [0.05, 0.1) is 22.1 Å². The zero-order valence-corrected chi connectivity index (χ0v) is 39.3. The van der Waals surface area contributed by atoms with Crippen LogP contribution in [0.15, 0.2) is 72.8 Å². The number of aryl methyl sites for hydroxylation is 2. The van der Waals surface area contributed by atoms with Gasteiger partial charge >= 0.3 is 12.7 Å². The van der Waals surface area contributed by atoms with Crippen molar-refractivity contribution in [2.24, 2.45) is 34.1 Å². The molecule has 0 aliphatic heterocycles. The van der Waals surface area contributed by atoms with Gasteiger partial charge in [0.25, 0.3) is 0 Å².